The fraction of sp³-hybridized carbons (Fsp3) is 0.130. The number of hydrogen-bond acceptors (Lipinski definition) is 5. The van der Waals surface area contributed by atoms with E-state index in [0.29, 0.717) is 15.8 Å². The molecule has 0 amide bonds. The quantitative estimate of drug-likeness (QED) is 0.244. The Morgan fingerprint density at radius 3 is 2.56 bits per heavy atom. The maximum Gasteiger partial charge on any atom is 0.269 e. The van der Waals surface area contributed by atoms with Crippen molar-refractivity contribution in [1.82, 2.24) is 4.98 Å². The predicted octanol–water partition coefficient (Wildman–Crippen LogP) is 5.83. The first-order valence-corrected chi connectivity index (χ1v) is 10.5. The third-order valence-corrected chi connectivity index (χ3v) is 5.82. The van der Waals surface area contributed by atoms with Gasteiger partial charge in [0.1, 0.15) is 12.4 Å². The highest BCUT2D eigenvalue weighted by Gasteiger charge is 2.24. The summed E-state index contributed by atoms with van der Waals surface area (Å²) in [5, 5.41) is 23.3. The van der Waals surface area contributed by atoms with Crippen LogP contribution in [0.2, 0.25) is 0 Å². The number of nitrogens with zero attached hydrogens (tertiary/aromatic N) is 2. The van der Waals surface area contributed by atoms with Crippen LogP contribution in [-0.4, -0.2) is 21.4 Å². The van der Waals surface area contributed by atoms with Gasteiger partial charge in [0.15, 0.2) is 0 Å². The van der Waals surface area contributed by atoms with Gasteiger partial charge in [-0.1, -0.05) is 36.4 Å². The standard InChI is InChI=1S/C23H18BrN3O5/c24-21-11-16(8-9-23(21)32-14-15-4-3-5-17(10-15)27(30)31)20(13-26(28)29)19-12-25-22-7-2-1-6-18(19)22/h1-12,20,25H,13-14H2/t20-/m1/s1. The summed E-state index contributed by atoms with van der Waals surface area (Å²) in [4.78, 5) is 24.8. The summed E-state index contributed by atoms with van der Waals surface area (Å²) in [6, 6.07) is 19.3. The van der Waals surface area contributed by atoms with Crippen LogP contribution < -0.4 is 4.74 Å². The first-order valence-electron chi connectivity index (χ1n) is 9.76. The molecule has 0 saturated carbocycles. The molecule has 1 aromatic heterocycles. The summed E-state index contributed by atoms with van der Waals surface area (Å²) in [7, 11) is 0. The number of halogens is 1. The summed E-state index contributed by atoms with van der Waals surface area (Å²) in [5.41, 5.74) is 3.23. The predicted molar refractivity (Wildman–Crippen MR) is 124 cm³/mol. The monoisotopic (exact) mass is 495 g/mol. The van der Waals surface area contributed by atoms with Gasteiger partial charge in [-0.25, -0.2) is 0 Å². The fourth-order valence-electron chi connectivity index (χ4n) is 3.69. The van der Waals surface area contributed by atoms with Gasteiger partial charge in [0, 0.05) is 34.2 Å². The van der Waals surface area contributed by atoms with Gasteiger partial charge < -0.3 is 9.72 Å². The summed E-state index contributed by atoms with van der Waals surface area (Å²) in [6.45, 7) is -0.0947. The molecule has 3 aromatic carbocycles. The number of benzene rings is 3. The normalized spacial score (nSPS) is 11.9. The smallest absolute Gasteiger partial charge is 0.269 e. The van der Waals surface area contributed by atoms with E-state index in [4.69, 9.17) is 4.74 Å². The van der Waals surface area contributed by atoms with Crippen LogP contribution in [0.5, 0.6) is 5.75 Å². The van der Waals surface area contributed by atoms with Crippen molar-refractivity contribution in [3.63, 3.8) is 0 Å². The van der Waals surface area contributed by atoms with Crippen molar-refractivity contribution in [3.05, 3.63) is 114 Å². The number of nitrogens with one attached hydrogen (secondary N) is 1. The molecular weight excluding hydrogens is 478 g/mol. The minimum atomic E-state index is -0.450. The molecule has 0 bridgehead atoms. The molecule has 4 aromatic rings. The Morgan fingerprint density at radius 2 is 1.81 bits per heavy atom. The van der Waals surface area contributed by atoms with Gasteiger partial charge in [0.25, 0.3) is 5.69 Å². The van der Waals surface area contributed by atoms with Crippen LogP contribution >= 0.6 is 15.9 Å². The summed E-state index contributed by atoms with van der Waals surface area (Å²) in [6.07, 6.45) is 1.82. The molecule has 0 aliphatic heterocycles. The number of H-pyrrole nitrogens is 1. The van der Waals surface area contributed by atoms with Gasteiger partial charge in [-0.2, -0.15) is 0 Å². The lowest BCUT2D eigenvalue weighted by atomic mass is 9.91. The van der Waals surface area contributed by atoms with Crippen LogP contribution in [0.1, 0.15) is 22.6 Å². The lowest BCUT2D eigenvalue weighted by molar-refractivity contribution is -0.481. The van der Waals surface area contributed by atoms with Crippen LogP contribution in [0.3, 0.4) is 0 Å². The molecule has 0 unspecified atom stereocenters. The minimum absolute atomic E-state index is 0.00173. The molecule has 0 fully saturated rings. The Morgan fingerprint density at radius 1 is 1.00 bits per heavy atom. The molecule has 0 saturated heterocycles. The van der Waals surface area contributed by atoms with Crippen molar-refractivity contribution in [2.24, 2.45) is 0 Å². The van der Waals surface area contributed by atoms with Crippen molar-refractivity contribution in [3.8, 4) is 5.75 Å². The number of aromatic nitrogens is 1. The molecule has 162 valence electrons. The lowest BCUT2D eigenvalue weighted by Crippen LogP contribution is -2.14. The maximum absolute atomic E-state index is 11.4. The molecule has 32 heavy (non-hydrogen) atoms. The number of nitro benzene ring substituents is 1. The van der Waals surface area contributed by atoms with E-state index in [1.165, 1.54) is 12.1 Å². The highest BCUT2D eigenvalue weighted by atomic mass is 79.9. The highest BCUT2D eigenvalue weighted by molar-refractivity contribution is 9.10. The summed E-state index contributed by atoms with van der Waals surface area (Å²) >= 11 is 3.50. The van der Waals surface area contributed by atoms with Crippen LogP contribution in [-0.2, 0) is 6.61 Å². The first-order chi connectivity index (χ1) is 15.4. The molecule has 0 aliphatic rings. The van der Waals surface area contributed by atoms with E-state index in [2.05, 4.69) is 20.9 Å². The third-order valence-electron chi connectivity index (χ3n) is 5.20. The summed E-state index contributed by atoms with van der Waals surface area (Å²) < 4.78 is 6.47. The molecule has 0 spiro atoms. The van der Waals surface area contributed by atoms with E-state index in [-0.39, 0.29) is 23.8 Å². The van der Waals surface area contributed by atoms with Crippen molar-refractivity contribution in [2.75, 3.05) is 6.54 Å². The van der Waals surface area contributed by atoms with E-state index in [0.717, 1.165) is 22.0 Å². The molecule has 0 aliphatic carbocycles. The number of aromatic amines is 1. The summed E-state index contributed by atoms with van der Waals surface area (Å²) in [5.74, 6) is 0.0994. The number of ether oxygens (including phenoxy) is 1. The Bertz CT molecular complexity index is 1300. The average Bonchev–Trinajstić information content (AvgIpc) is 3.20. The van der Waals surface area contributed by atoms with E-state index in [1.54, 1.807) is 18.2 Å². The third kappa shape index (κ3) is 4.62. The van der Waals surface area contributed by atoms with Crippen molar-refractivity contribution in [1.29, 1.82) is 0 Å². The van der Waals surface area contributed by atoms with E-state index >= 15 is 0 Å². The molecule has 1 heterocycles. The zero-order chi connectivity index (χ0) is 22.7. The largest absolute Gasteiger partial charge is 0.488 e. The highest BCUT2D eigenvalue weighted by Crippen LogP contribution is 2.35. The molecule has 1 atom stereocenters. The van der Waals surface area contributed by atoms with Crippen molar-refractivity contribution < 1.29 is 14.6 Å². The second kappa shape index (κ2) is 9.19. The molecule has 9 heteroatoms. The van der Waals surface area contributed by atoms with Crippen LogP contribution in [0.4, 0.5) is 5.69 Å². The second-order valence-electron chi connectivity index (χ2n) is 7.26. The van der Waals surface area contributed by atoms with Gasteiger partial charge in [0.05, 0.1) is 15.3 Å². The molecule has 8 nitrogen and oxygen atoms in total. The molecular formula is C23H18BrN3O5. The fourth-order valence-corrected chi connectivity index (χ4v) is 4.20. The molecule has 1 N–H and O–H groups in total. The number of fused-ring (bicyclic) bond motifs is 1. The topological polar surface area (TPSA) is 111 Å². The number of nitro groups is 2. The van der Waals surface area contributed by atoms with Gasteiger partial charge >= 0.3 is 0 Å². The van der Waals surface area contributed by atoms with Gasteiger partial charge in [-0.15, -0.1) is 0 Å². The molecule has 0 radical (unpaired) electrons. The Hall–Kier alpha value is -3.72. The Labute approximate surface area is 191 Å². The van der Waals surface area contributed by atoms with Crippen molar-refractivity contribution in [2.45, 2.75) is 12.5 Å². The van der Waals surface area contributed by atoms with E-state index in [1.807, 2.05) is 42.6 Å². The average molecular weight is 496 g/mol. The zero-order valence-electron chi connectivity index (χ0n) is 16.7. The van der Waals surface area contributed by atoms with Crippen LogP contribution in [0.15, 0.2) is 77.4 Å². The van der Waals surface area contributed by atoms with Gasteiger partial charge in [-0.05, 0) is 50.8 Å². The van der Waals surface area contributed by atoms with E-state index in [9.17, 15) is 20.2 Å². The molecule has 4 rings (SSSR count). The minimum Gasteiger partial charge on any atom is -0.488 e. The SMILES string of the molecule is O=[N+]([O-])C[C@H](c1ccc(OCc2cccc([N+](=O)[O-])c2)c(Br)c1)c1c[nH]c2ccccc12. The van der Waals surface area contributed by atoms with Gasteiger partial charge in [-0.3, -0.25) is 20.2 Å². The Kier molecular flexibility index (Phi) is 6.18. The van der Waals surface area contributed by atoms with Crippen molar-refractivity contribution >= 4 is 32.5 Å². The lowest BCUT2D eigenvalue weighted by Gasteiger charge is -2.15. The zero-order valence-corrected chi connectivity index (χ0v) is 18.3. The second-order valence-corrected chi connectivity index (χ2v) is 8.12. The number of rotatable bonds is 8. The Balaban J connectivity index is 1.59. The number of para-hydroxylation sites is 1. The van der Waals surface area contributed by atoms with Crippen LogP contribution in [0.25, 0.3) is 10.9 Å². The first kappa shape index (κ1) is 21.5. The van der Waals surface area contributed by atoms with Crippen LogP contribution in [0, 0.1) is 20.2 Å². The number of hydrogen-bond donors (Lipinski definition) is 1. The van der Waals surface area contributed by atoms with Gasteiger partial charge in [0.2, 0.25) is 6.54 Å². The maximum atomic E-state index is 11.4. The number of non-ortho nitro benzene ring substituents is 1. The van der Waals surface area contributed by atoms with E-state index < -0.39 is 10.8 Å².